The molecule has 0 unspecified atom stereocenters. The van der Waals surface area contributed by atoms with E-state index in [9.17, 15) is 9.59 Å². The normalized spacial score (nSPS) is 14.8. The predicted octanol–water partition coefficient (Wildman–Crippen LogP) is 6.21. The first kappa shape index (κ1) is 23.2. The second-order valence-corrected chi connectivity index (χ2v) is 8.89. The molecule has 1 saturated heterocycles. The van der Waals surface area contributed by atoms with Crippen LogP contribution in [0.5, 0.6) is 11.5 Å². The van der Waals surface area contributed by atoms with E-state index >= 15 is 0 Å². The van der Waals surface area contributed by atoms with Crippen LogP contribution in [0.4, 0.5) is 4.79 Å². The number of hydrogen-bond acceptors (Lipinski definition) is 6. The number of hydrogen-bond donors (Lipinski definition) is 0. The lowest BCUT2D eigenvalue weighted by Gasteiger charge is -2.13. The smallest absolute Gasteiger partial charge is 0.293 e. The van der Waals surface area contributed by atoms with E-state index in [2.05, 4.69) is 4.98 Å². The van der Waals surface area contributed by atoms with Gasteiger partial charge in [-0.1, -0.05) is 35.3 Å². The van der Waals surface area contributed by atoms with Crippen molar-refractivity contribution < 1.29 is 19.1 Å². The van der Waals surface area contributed by atoms with Gasteiger partial charge in [0.05, 0.1) is 18.6 Å². The highest BCUT2D eigenvalue weighted by molar-refractivity contribution is 8.18. The standard InChI is InChI=1S/C24H18Cl2N2O4S/c1-31-21-10-16(2-5-20(21)32-14-15-6-8-27-9-7-15)11-22-23(29)28(24(30)33-22)13-17-3-4-18(25)12-19(17)26/h2-12H,13-14H2,1H3/b22-11-. The minimum absolute atomic E-state index is 0.0725. The van der Waals surface area contributed by atoms with Gasteiger partial charge in [-0.2, -0.15) is 0 Å². The molecular weight excluding hydrogens is 483 g/mol. The number of halogens is 2. The summed E-state index contributed by atoms with van der Waals surface area (Å²) in [5.41, 5.74) is 2.32. The monoisotopic (exact) mass is 500 g/mol. The highest BCUT2D eigenvalue weighted by Crippen LogP contribution is 2.36. The zero-order chi connectivity index (χ0) is 23.4. The van der Waals surface area contributed by atoms with Crippen LogP contribution in [0.15, 0.2) is 65.8 Å². The molecule has 0 atom stereocenters. The van der Waals surface area contributed by atoms with Gasteiger partial charge in [-0.3, -0.25) is 19.5 Å². The molecule has 0 N–H and O–H groups in total. The second kappa shape index (κ2) is 10.3. The first-order chi connectivity index (χ1) is 15.9. The van der Waals surface area contributed by atoms with Gasteiger partial charge in [0.25, 0.3) is 11.1 Å². The van der Waals surface area contributed by atoms with Crippen molar-refractivity contribution in [3.05, 3.63) is 92.6 Å². The lowest BCUT2D eigenvalue weighted by molar-refractivity contribution is -0.123. The van der Waals surface area contributed by atoms with Crippen LogP contribution >= 0.6 is 35.0 Å². The van der Waals surface area contributed by atoms with Crippen molar-refractivity contribution in [3.8, 4) is 11.5 Å². The summed E-state index contributed by atoms with van der Waals surface area (Å²) >= 11 is 13.0. The van der Waals surface area contributed by atoms with E-state index in [4.69, 9.17) is 32.7 Å². The second-order valence-electron chi connectivity index (χ2n) is 7.06. The van der Waals surface area contributed by atoms with E-state index in [0.29, 0.717) is 44.2 Å². The largest absolute Gasteiger partial charge is 0.493 e. The van der Waals surface area contributed by atoms with Crippen LogP contribution in [-0.4, -0.2) is 28.1 Å². The van der Waals surface area contributed by atoms with Gasteiger partial charge in [-0.15, -0.1) is 0 Å². The number of imide groups is 1. The molecule has 9 heteroatoms. The number of pyridine rings is 1. The van der Waals surface area contributed by atoms with Crippen LogP contribution in [0.25, 0.3) is 6.08 Å². The number of benzene rings is 2. The van der Waals surface area contributed by atoms with E-state index in [0.717, 1.165) is 22.2 Å². The van der Waals surface area contributed by atoms with Gasteiger partial charge < -0.3 is 9.47 Å². The molecule has 1 aliphatic rings. The minimum Gasteiger partial charge on any atom is -0.493 e. The van der Waals surface area contributed by atoms with Crippen LogP contribution in [0.3, 0.4) is 0 Å². The van der Waals surface area contributed by atoms with Crippen molar-refractivity contribution in [1.82, 2.24) is 9.88 Å². The van der Waals surface area contributed by atoms with Crippen LogP contribution < -0.4 is 9.47 Å². The van der Waals surface area contributed by atoms with E-state index in [-0.39, 0.29) is 17.7 Å². The lowest BCUT2D eigenvalue weighted by Crippen LogP contribution is -2.27. The molecule has 1 aromatic heterocycles. The topological polar surface area (TPSA) is 68.7 Å². The van der Waals surface area contributed by atoms with Gasteiger partial charge >= 0.3 is 0 Å². The van der Waals surface area contributed by atoms with Crippen LogP contribution in [0.1, 0.15) is 16.7 Å². The maximum absolute atomic E-state index is 12.9. The van der Waals surface area contributed by atoms with Crippen molar-refractivity contribution >= 4 is 52.2 Å². The van der Waals surface area contributed by atoms with Crippen molar-refractivity contribution in [1.29, 1.82) is 0 Å². The Morgan fingerprint density at radius 1 is 1.03 bits per heavy atom. The number of aromatic nitrogens is 1. The van der Waals surface area contributed by atoms with Crippen molar-refractivity contribution in [2.45, 2.75) is 13.2 Å². The zero-order valence-electron chi connectivity index (χ0n) is 17.5. The molecule has 6 nitrogen and oxygen atoms in total. The Kier molecular flexibility index (Phi) is 7.23. The Hall–Kier alpha value is -3.00. The maximum Gasteiger partial charge on any atom is 0.293 e. The van der Waals surface area contributed by atoms with E-state index in [1.807, 2.05) is 12.1 Å². The molecule has 2 heterocycles. The molecule has 1 aliphatic heterocycles. The summed E-state index contributed by atoms with van der Waals surface area (Å²) in [5, 5.41) is 0.527. The van der Waals surface area contributed by atoms with Gasteiger partial charge in [0.15, 0.2) is 11.5 Å². The highest BCUT2D eigenvalue weighted by Gasteiger charge is 2.35. The third-order valence-corrected chi connectivity index (χ3v) is 6.34. The first-order valence-electron chi connectivity index (χ1n) is 9.83. The van der Waals surface area contributed by atoms with Crippen molar-refractivity contribution in [2.24, 2.45) is 0 Å². The summed E-state index contributed by atoms with van der Waals surface area (Å²) in [5.74, 6) is 0.704. The molecule has 0 spiro atoms. The summed E-state index contributed by atoms with van der Waals surface area (Å²) in [6.45, 7) is 0.438. The molecule has 33 heavy (non-hydrogen) atoms. The molecule has 2 amide bonds. The highest BCUT2D eigenvalue weighted by atomic mass is 35.5. The third-order valence-electron chi connectivity index (χ3n) is 4.85. The fraction of sp³-hybridized carbons (Fsp3) is 0.125. The first-order valence-corrected chi connectivity index (χ1v) is 11.4. The predicted molar refractivity (Wildman–Crippen MR) is 130 cm³/mol. The summed E-state index contributed by atoms with van der Waals surface area (Å²) in [6.07, 6.45) is 5.06. The van der Waals surface area contributed by atoms with Gasteiger partial charge in [0.1, 0.15) is 6.61 Å². The van der Waals surface area contributed by atoms with E-state index in [1.165, 1.54) is 0 Å². The molecule has 0 aliphatic carbocycles. The number of rotatable bonds is 7. The number of methoxy groups -OCH3 is 1. The molecule has 0 radical (unpaired) electrons. The number of carbonyl (C=O) groups is 2. The lowest BCUT2D eigenvalue weighted by atomic mass is 10.1. The van der Waals surface area contributed by atoms with E-state index in [1.54, 1.807) is 62.0 Å². The summed E-state index contributed by atoms with van der Waals surface area (Å²) < 4.78 is 11.3. The number of carbonyl (C=O) groups excluding carboxylic acids is 2. The average Bonchev–Trinajstić information content (AvgIpc) is 3.07. The molecule has 1 fully saturated rings. The Morgan fingerprint density at radius 2 is 1.82 bits per heavy atom. The Labute approximate surface area is 205 Å². The van der Waals surface area contributed by atoms with Crippen LogP contribution in [0, 0.1) is 0 Å². The van der Waals surface area contributed by atoms with Gasteiger partial charge in [0.2, 0.25) is 0 Å². The Bertz CT molecular complexity index is 1230. The molecule has 2 aromatic carbocycles. The number of nitrogens with zero attached hydrogens (tertiary/aromatic N) is 2. The van der Waals surface area contributed by atoms with Gasteiger partial charge in [-0.25, -0.2) is 0 Å². The Balaban J connectivity index is 1.49. The molecule has 0 saturated carbocycles. The zero-order valence-corrected chi connectivity index (χ0v) is 19.8. The fourth-order valence-electron chi connectivity index (χ4n) is 3.14. The quantitative estimate of drug-likeness (QED) is 0.359. The summed E-state index contributed by atoms with van der Waals surface area (Å²) in [4.78, 5) is 30.8. The van der Waals surface area contributed by atoms with Gasteiger partial charge in [-0.05, 0) is 70.9 Å². The minimum atomic E-state index is -0.381. The molecule has 4 rings (SSSR count). The molecule has 0 bridgehead atoms. The summed E-state index contributed by atoms with van der Waals surface area (Å²) in [6, 6.07) is 14.0. The number of thioether (sulfide) groups is 1. The molecule has 3 aromatic rings. The van der Waals surface area contributed by atoms with Crippen molar-refractivity contribution in [3.63, 3.8) is 0 Å². The average molecular weight is 501 g/mol. The van der Waals surface area contributed by atoms with Gasteiger partial charge in [0, 0.05) is 22.4 Å². The summed E-state index contributed by atoms with van der Waals surface area (Å²) in [7, 11) is 1.54. The number of amides is 2. The SMILES string of the molecule is COc1cc(/C=C2\SC(=O)N(Cc3ccc(Cl)cc3Cl)C2=O)ccc1OCc1ccncc1. The van der Waals surface area contributed by atoms with Crippen molar-refractivity contribution in [2.75, 3.05) is 7.11 Å². The van der Waals surface area contributed by atoms with Crippen LogP contribution in [0.2, 0.25) is 10.0 Å². The number of ether oxygens (including phenoxy) is 2. The molecule has 168 valence electrons. The third kappa shape index (κ3) is 5.50. The van der Waals surface area contributed by atoms with E-state index < -0.39 is 0 Å². The Morgan fingerprint density at radius 3 is 2.55 bits per heavy atom. The molecular formula is C24H18Cl2N2O4S. The van der Waals surface area contributed by atoms with Crippen LogP contribution in [-0.2, 0) is 17.9 Å². The fourth-order valence-corrected chi connectivity index (χ4v) is 4.45. The maximum atomic E-state index is 12.9.